The van der Waals surface area contributed by atoms with Crippen molar-refractivity contribution in [3.63, 3.8) is 0 Å². The summed E-state index contributed by atoms with van der Waals surface area (Å²) < 4.78 is 0. The standard InChI is InChI=1S/C16H24N2OS/c1-12-6-8-18(9-7-12)14(15-3-2-10-20-15)11-17-16(19)13-4-5-13/h2-3,10,12-14H,4-9,11H2,1H3,(H,17,19). The molecule has 4 heteroatoms. The fourth-order valence-electron chi connectivity index (χ4n) is 2.92. The predicted octanol–water partition coefficient (Wildman–Crippen LogP) is 3.05. The topological polar surface area (TPSA) is 32.3 Å². The summed E-state index contributed by atoms with van der Waals surface area (Å²) in [6.45, 7) is 5.42. The number of nitrogens with zero attached hydrogens (tertiary/aromatic N) is 1. The highest BCUT2D eigenvalue weighted by Crippen LogP contribution is 2.31. The second-order valence-electron chi connectivity index (χ2n) is 6.27. The lowest BCUT2D eigenvalue weighted by atomic mass is 9.97. The van der Waals surface area contributed by atoms with E-state index in [2.05, 4.69) is 34.7 Å². The van der Waals surface area contributed by atoms with Crippen LogP contribution in [-0.4, -0.2) is 30.4 Å². The van der Waals surface area contributed by atoms with Crippen molar-refractivity contribution in [1.29, 1.82) is 0 Å². The van der Waals surface area contributed by atoms with E-state index in [-0.39, 0.29) is 5.91 Å². The van der Waals surface area contributed by atoms with Gasteiger partial charge in [0.15, 0.2) is 0 Å². The second kappa shape index (κ2) is 6.27. The van der Waals surface area contributed by atoms with Crippen LogP contribution in [0.3, 0.4) is 0 Å². The molecular weight excluding hydrogens is 268 g/mol. The summed E-state index contributed by atoms with van der Waals surface area (Å²) in [4.78, 5) is 15.8. The lowest BCUT2D eigenvalue weighted by molar-refractivity contribution is -0.122. The van der Waals surface area contributed by atoms with Gasteiger partial charge >= 0.3 is 0 Å². The van der Waals surface area contributed by atoms with E-state index in [1.165, 1.54) is 17.7 Å². The smallest absolute Gasteiger partial charge is 0.223 e. The molecule has 0 spiro atoms. The second-order valence-corrected chi connectivity index (χ2v) is 7.25. The van der Waals surface area contributed by atoms with E-state index in [1.807, 2.05) is 11.3 Å². The van der Waals surface area contributed by atoms with Gasteiger partial charge in [0, 0.05) is 17.3 Å². The summed E-state index contributed by atoms with van der Waals surface area (Å²) in [5.74, 6) is 1.41. The SMILES string of the molecule is CC1CCN(C(CNC(=O)C2CC2)c2cccs2)CC1. The fourth-order valence-corrected chi connectivity index (χ4v) is 3.78. The molecule has 1 saturated heterocycles. The molecule has 1 aromatic heterocycles. The molecule has 1 aromatic rings. The number of rotatable bonds is 5. The molecule has 2 heterocycles. The summed E-state index contributed by atoms with van der Waals surface area (Å²) in [6.07, 6.45) is 4.71. The molecule has 0 aromatic carbocycles. The third-order valence-corrected chi connectivity index (χ3v) is 5.52. The van der Waals surface area contributed by atoms with Crippen LogP contribution in [0.2, 0.25) is 0 Å². The molecule has 1 unspecified atom stereocenters. The first-order chi connectivity index (χ1) is 9.74. The van der Waals surface area contributed by atoms with Crippen molar-refractivity contribution in [2.24, 2.45) is 11.8 Å². The number of nitrogens with one attached hydrogen (secondary N) is 1. The Morgan fingerprint density at radius 2 is 2.15 bits per heavy atom. The lowest BCUT2D eigenvalue weighted by Gasteiger charge is -2.36. The molecule has 1 saturated carbocycles. The fraction of sp³-hybridized carbons (Fsp3) is 0.688. The molecule has 1 aliphatic heterocycles. The van der Waals surface area contributed by atoms with Crippen LogP contribution in [-0.2, 0) is 4.79 Å². The van der Waals surface area contributed by atoms with E-state index in [1.54, 1.807) is 0 Å². The van der Waals surface area contributed by atoms with Crippen LogP contribution < -0.4 is 5.32 Å². The molecule has 3 nitrogen and oxygen atoms in total. The van der Waals surface area contributed by atoms with Crippen molar-refractivity contribution in [2.75, 3.05) is 19.6 Å². The minimum atomic E-state index is 0.261. The Hall–Kier alpha value is -0.870. The van der Waals surface area contributed by atoms with Gasteiger partial charge in [0.1, 0.15) is 0 Å². The molecule has 1 atom stereocenters. The van der Waals surface area contributed by atoms with Gasteiger partial charge in [-0.2, -0.15) is 0 Å². The monoisotopic (exact) mass is 292 g/mol. The van der Waals surface area contributed by atoms with E-state index in [4.69, 9.17) is 0 Å². The van der Waals surface area contributed by atoms with Crippen molar-refractivity contribution < 1.29 is 4.79 Å². The highest BCUT2D eigenvalue weighted by molar-refractivity contribution is 7.10. The first kappa shape index (κ1) is 14.1. The van der Waals surface area contributed by atoms with Gasteiger partial charge in [-0.05, 0) is 56.1 Å². The summed E-state index contributed by atoms with van der Waals surface area (Å²) >= 11 is 1.81. The van der Waals surface area contributed by atoms with E-state index < -0.39 is 0 Å². The van der Waals surface area contributed by atoms with Gasteiger partial charge < -0.3 is 5.32 Å². The van der Waals surface area contributed by atoms with Crippen LogP contribution in [0.25, 0.3) is 0 Å². The minimum Gasteiger partial charge on any atom is -0.354 e. The zero-order valence-corrected chi connectivity index (χ0v) is 13.0. The number of piperidine rings is 1. The summed E-state index contributed by atoms with van der Waals surface area (Å²) in [6, 6.07) is 4.68. The largest absolute Gasteiger partial charge is 0.354 e. The highest BCUT2D eigenvalue weighted by atomic mass is 32.1. The van der Waals surface area contributed by atoms with Gasteiger partial charge in [-0.3, -0.25) is 9.69 Å². The Kier molecular flexibility index (Phi) is 4.41. The van der Waals surface area contributed by atoms with Gasteiger partial charge in [0.05, 0.1) is 6.04 Å². The Labute approximate surface area is 125 Å². The maximum atomic E-state index is 11.9. The molecule has 20 heavy (non-hydrogen) atoms. The number of hydrogen-bond acceptors (Lipinski definition) is 3. The minimum absolute atomic E-state index is 0.261. The van der Waals surface area contributed by atoms with Crippen LogP contribution in [0.15, 0.2) is 17.5 Å². The molecular formula is C16H24N2OS. The maximum Gasteiger partial charge on any atom is 0.223 e. The molecule has 0 bridgehead atoms. The van der Waals surface area contributed by atoms with E-state index in [0.717, 1.165) is 38.4 Å². The lowest BCUT2D eigenvalue weighted by Crippen LogP contribution is -2.41. The van der Waals surface area contributed by atoms with Gasteiger partial charge in [-0.15, -0.1) is 11.3 Å². The highest BCUT2D eigenvalue weighted by Gasteiger charge is 2.31. The summed E-state index contributed by atoms with van der Waals surface area (Å²) in [7, 11) is 0. The molecule has 110 valence electrons. The van der Waals surface area contributed by atoms with Gasteiger partial charge in [0.25, 0.3) is 0 Å². The Morgan fingerprint density at radius 3 is 2.75 bits per heavy atom. The summed E-state index contributed by atoms with van der Waals surface area (Å²) in [5, 5.41) is 5.30. The molecule has 1 aliphatic carbocycles. The van der Waals surface area contributed by atoms with Crippen LogP contribution in [0.4, 0.5) is 0 Å². The first-order valence-electron chi connectivity index (χ1n) is 7.79. The normalized spacial score (nSPS) is 22.6. The number of amides is 1. The van der Waals surface area contributed by atoms with Crippen molar-refractivity contribution in [1.82, 2.24) is 10.2 Å². The van der Waals surface area contributed by atoms with Crippen molar-refractivity contribution in [3.8, 4) is 0 Å². The Balaban J connectivity index is 1.62. The predicted molar refractivity (Wildman–Crippen MR) is 82.8 cm³/mol. The van der Waals surface area contributed by atoms with Crippen LogP contribution >= 0.6 is 11.3 Å². The summed E-state index contributed by atoms with van der Waals surface area (Å²) in [5.41, 5.74) is 0. The van der Waals surface area contributed by atoms with Crippen molar-refractivity contribution >= 4 is 17.2 Å². The Bertz CT molecular complexity index is 433. The van der Waals surface area contributed by atoms with Crippen LogP contribution in [0, 0.1) is 11.8 Å². The maximum absolute atomic E-state index is 11.9. The molecule has 3 rings (SSSR count). The zero-order valence-electron chi connectivity index (χ0n) is 12.2. The molecule has 2 aliphatic rings. The van der Waals surface area contributed by atoms with Crippen molar-refractivity contribution in [2.45, 2.75) is 38.6 Å². The molecule has 1 amide bonds. The van der Waals surface area contributed by atoms with Crippen molar-refractivity contribution in [3.05, 3.63) is 22.4 Å². The number of carbonyl (C=O) groups is 1. The third-order valence-electron chi connectivity index (χ3n) is 4.55. The van der Waals surface area contributed by atoms with Gasteiger partial charge in [-0.25, -0.2) is 0 Å². The number of carbonyl (C=O) groups excluding carboxylic acids is 1. The molecule has 1 N–H and O–H groups in total. The van der Waals surface area contributed by atoms with Crippen LogP contribution in [0.1, 0.15) is 43.5 Å². The molecule has 2 fully saturated rings. The van der Waals surface area contributed by atoms with Crippen LogP contribution in [0.5, 0.6) is 0 Å². The number of thiophene rings is 1. The Morgan fingerprint density at radius 1 is 1.40 bits per heavy atom. The average molecular weight is 292 g/mol. The van der Waals surface area contributed by atoms with E-state index in [9.17, 15) is 4.79 Å². The first-order valence-corrected chi connectivity index (χ1v) is 8.67. The number of likely N-dealkylation sites (tertiary alicyclic amines) is 1. The quantitative estimate of drug-likeness (QED) is 0.904. The zero-order chi connectivity index (χ0) is 13.9. The van der Waals surface area contributed by atoms with Gasteiger partial charge in [0.2, 0.25) is 5.91 Å². The van der Waals surface area contributed by atoms with Gasteiger partial charge in [-0.1, -0.05) is 13.0 Å². The van der Waals surface area contributed by atoms with E-state index >= 15 is 0 Å². The number of hydrogen-bond donors (Lipinski definition) is 1. The third kappa shape index (κ3) is 3.41. The van der Waals surface area contributed by atoms with E-state index in [0.29, 0.717) is 12.0 Å². The average Bonchev–Trinajstić information content (AvgIpc) is 3.18. The molecule has 0 radical (unpaired) electrons.